The first-order valence-electron chi connectivity index (χ1n) is 6.73. The zero-order valence-corrected chi connectivity index (χ0v) is 13.5. The van der Waals surface area contributed by atoms with Crippen LogP contribution in [0.25, 0.3) is 0 Å². The van der Waals surface area contributed by atoms with Crippen molar-refractivity contribution in [1.82, 2.24) is 4.31 Å². The van der Waals surface area contributed by atoms with Gasteiger partial charge in [0, 0.05) is 13.1 Å². The Morgan fingerprint density at radius 1 is 1.22 bits per heavy atom. The van der Waals surface area contributed by atoms with Crippen molar-refractivity contribution in [3.63, 3.8) is 0 Å². The third-order valence-electron chi connectivity index (χ3n) is 3.66. The smallest absolute Gasteiger partial charge is 0.212 e. The van der Waals surface area contributed by atoms with Gasteiger partial charge in [-0.1, -0.05) is 33.6 Å². The number of hydrogen-bond donors (Lipinski definition) is 0. The van der Waals surface area contributed by atoms with Crippen molar-refractivity contribution >= 4 is 21.6 Å². The van der Waals surface area contributed by atoms with E-state index < -0.39 is 10.0 Å². The lowest BCUT2D eigenvalue weighted by molar-refractivity contribution is 0.288. The fraction of sp³-hybridized carbons (Fsp3) is 1.00. The second-order valence-corrected chi connectivity index (χ2v) is 9.22. The van der Waals surface area contributed by atoms with Gasteiger partial charge in [-0.25, -0.2) is 12.7 Å². The Morgan fingerprint density at radius 2 is 1.78 bits per heavy atom. The summed E-state index contributed by atoms with van der Waals surface area (Å²) in [6.07, 6.45) is 4.68. The molecule has 0 amide bonds. The topological polar surface area (TPSA) is 37.4 Å². The van der Waals surface area contributed by atoms with E-state index in [1.54, 1.807) is 7.05 Å². The molecule has 0 bridgehead atoms. The molecule has 0 aromatic carbocycles. The summed E-state index contributed by atoms with van der Waals surface area (Å²) in [6, 6.07) is -0.0228. The molecule has 0 aromatic rings. The van der Waals surface area contributed by atoms with E-state index in [0.717, 1.165) is 25.7 Å². The molecule has 0 N–H and O–H groups in total. The Balaban J connectivity index is 2.66. The molecule has 108 valence electrons. The van der Waals surface area contributed by atoms with Crippen LogP contribution in [0, 0.1) is 5.41 Å². The van der Waals surface area contributed by atoms with Crippen LogP contribution in [0.2, 0.25) is 0 Å². The van der Waals surface area contributed by atoms with Gasteiger partial charge in [-0.05, 0) is 24.7 Å². The van der Waals surface area contributed by atoms with Gasteiger partial charge >= 0.3 is 0 Å². The van der Waals surface area contributed by atoms with Gasteiger partial charge in [0.2, 0.25) is 10.0 Å². The lowest BCUT2D eigenvalue weighted by Gasteiger charge is -2.34. The molecule has 5 heteroatoms. The number of sulfonamides is 1. The van der Waals surface area contributed by atoms with E-state index in [4.69, 9.17) is 11.6 Å². The number of nitrogens with zero attached hydrogens (tertiary/aromatic N) is 1. The highest BCUT2D eigenvalue weighted by atomic mass is 35.5. The van der Waals surface area contributed by atoms with Gasteiger partial charge in [-0.3, -0.25) is 0 Å². The van der Waals surface area contributed by atoms with Crippen molar-refractivity contribution in [3.05, 3.63) is 0 Å². The van der Waals surface area contributed by atoms with Crippen LogP contribution in [0.5, 0.6) is 0 Å². The predicted molar refractivity (Wildman–Crippen MR) is 77.5 cm³/mol. The van der Waals surface area contributed by atoms with Gasteiger partial charge < -0.3 is 0 Å². The highest BCUT2D eigenvalue weighted by molar-refractivity contribution is 7.89. The van der Waals surface area contributed by atoms with E-state index in [0.29, 0.717) is 6.42 Å². The van der Waals surface area contributed by atoms with E-state index in [1.807, 2.05) is 0 Å². The molecule has 2 unspecified atom stereocenters. The predicted octanol–water partition coefficient (Wildman–Crippen LogP) is 3.23. The average molecular weight is 296 g/mol. The lowest BCUT2D eigenvalue weighted by Crippen LogP contribution is -2.45. The second kappa shape index (κ2) is 6.10. The number of alkyl halides is 1. The van der Waals surface area contributed by atoms with E-state index in [-0.39, 0.29) is 22.6 Å². The van der Waals surface area contributed by atoms with Gasteiger partial charge in [0.1, 0.15) is 0 Å². The Kier molecular flexibility index (Phi) is 5.51. The first-order chi connectivity index (χ1) is 8.13. The fourth-order valence-electron chi connectivity index (χ4n) is 2.26. The zero-order chi connectivity index (χ0) is 14.0. The van der Waals surface area contributed by atoms with Crippen LogP contribution in [0.3, 0.4) is 0 Å². The van der Waals surface area contributed by atoms with Crippen molar-refractivity contribution < 1.29 is 8.42 Å². The summed E-state index contributed by atoms with van der Waals surface area (Å²) in [6.45, 7) is 6.19. The van der Waals surface area contributed by atoms with E-state index >= 15 is 0 Å². The van der Waals surface area contributed by atoms with Crippen molar-refractivity contribution in [2.45, 2.75) is 64.3 Å². The molecule has 1 aliphatic carbocycles. The van der Waals surface area contributed by atoms with Gasteiger partial charge in [-0.15, -0.1) is 11.6 Å². The minimum Gasteiger partial charge on any atom is -0.212 e. The molecule has 0 aliphatic heterocycles. The highest BCUT2D eigenvalue weighted by Gasteiger charge is 2.33. The Morgan fingerprint density at radius 3 is 2.28 bits per heavy atom. The van der Waals surface area contributed by atoms with Gasteiger partial charge in [0.25, 0.3) is 0 Å². The zero-order valence-electron chi connectivity index (χ0n) is 11.9. The first-order valence-corrected chi connectivity index (χ1v) is 8.78. The standard InChI is InChI=1S/C13H26ClNO2S/c1-13(2,3)9-10-18(16,17)15(4)12-8-6-5-7-11(12)14/h11-12H,5-10H2,1-4H3. The Labute approximate surface area is 117 Å². The minimum atomic E-state index is -3.18. The van der Waals surface area contributed by atoms with Crippen molar-refractivity contribution in [3.8, 4) is 0 Å². The second-order valence-electron chi connectivity index (χ2n) is 6.51. The van der Waals surface area contributed by atoms with Gasteiger partial charge in [0.15, 0.2) is 0 Å². The molecule has 18 heavy (non-hydrogen) atoms. The SMILES string of the molecule is CN(C1CCCCC1Cl)S(=O)(=O)CCC(C)(C)C. The summed E-state index contributed by atoms with van der Waals surface area (Å²) in [5, 5.41) is -0.0341. The van der Waals surface area contributed by atoms with Crippen LogP contribution >= 0.6 is 11.6 Å². The van der Waals surface area contributed by atoms with Crippen LogP contribution in [0.15, 0.2) is 0 Å². The van der Waals surface area contributed by atoms with Crippen LogP contribution < -0.4 is 0 Å². The minimum absolute atomic E-state index is 0.0228. The summed E-state index contributed by atoms with van der Waals surface area (Å²) in [4.78, 5) is 0. The summed E-state index contributed by atoms with van der Waals surface area (Å²) >= 11 is 6.27. The molecule has 1 saturated carbocycles. The first kappa shape index (κ1) is 16.3. The average Bonchev–Trinajstić information content (AvgIpc) is 2.25. The molecule has 0 aromatic heterocycles. The van der Waals surface area contributed by atoms with E-state index in [1.165, 1.54) is 4.31 Å². The van der Waals surface area contributed by atoms with Crippen LogP contribution in [0.1, 0.15) is 52.9 Å². The molecular formula is C13H26ClNO2S. The summed E-state index contributed by atoms with van der Waals surface area (Å²) in [5.74, 6) is 0.215. The summed E-state index contributed by atoms with van der Waals surface area (Å²) < 4.78 is 26.1. The molecule has 0 radical (unpaired) electrons. The van der Waals surface area contributed by atoms with E-state index in [2.05, 4.69) is 20.8 Å². The van der Waals surface area contributed by atoms with Crippen LogP contribution in [0.4, 0.5) is 0 Å². The quantitative estimate of drug-likeness (QED) is 0.747. The molecule has 1 rings (SSSR count). The molecule has 0 spiro atoms. The molecule has 2 atom stereocenters. The van der Waals surface area contributed by atoms with Crippen LogP contribution in [-0.2, 0) is 10.0 Å². The van der Waals surface area contributed by atoms with Gasteiger partial charge in [-0.2, -0.15) is 0 Å². The molecule has 0 heterocycles. The largest absolute Gasteiger partial charge is 0.214 e. The third-order valence-corrected chi connectivity index (χ3v) is 6.04. The Bertz CT molecular complexity index is 362. The maximum Gasteiger partial charge on any atom is 0.214 e. The van der Waals surface area contributed by atoms with Crippen molar-refractivity contribution in [2.75, 3.05) is 12.8 Å². The Hall–Kier alpha value is 0.200. The molecule has 0 saturated heterocycles. The van der Waals surface area contributed by atoms with Crippen molar-refractivity contribution in [1.29, 1.82) is 0 Å². The third kappa shape index (κ3) is 4.71. The maximum atomic E-state index is 12.3. The normalized spacial score (nSPS) is 26.6. The number of rotatable bonds is 4. The molecular weight excluding hydrogens is 270 g/mol. The monoisotopic (exact) mass is 295 g/mol. The van der Waals surface area contributed by atoms with Crippen molar-refractivity contribution in [2.24, 2.45) is 5.41 Å². The number of hydrogen-bond acceptors (Lipinski definition) is 2. The van der Waals surface area contributed by atoms with Crippen LogP contribution in [-0.4, -0.2) is 36.9 Å². The fourth-order valence-corrected chi connectivity index (χ4v) is 4.60. The van der Waals surface area contributed by atoms with E-state index in [9.17, 15) is 8.42 Å². The molecule has 1 aliphatic rings. The van der Waals surface area contributed by atoms with Gasteiger partial charge in [0.05, 0.1) is 11.1 Å². The highest BCUT2D eigenvalue weighted by Crippen LogP contribution is 2.29. The number of halogens is 1. The maximum absolute atomic E-state index is 12.3. The molecule has 3 nitrogen and oxygen atoms in total. The lowest BCUT2D eigenvalue weighted by atomic mass is 9.94. The molecule has 1 fully saturated rings. The summed E-state index contributed by atoms with van der Waals surface area (Å²) in [5.41, 5.74) is 0.0425. The summed E-state index contributed by atoms with van der Waals surface area (Å²) in [7, 11) is -1.49.